The van der Waals surface area contributed by atoms with E-state index in [1.807, 2.05) is 0 Å². The van der Waals surface area contributed by atoms with Gasteiger partial charge < -0.3 is 25.9 Å². The summed E-state index contributed by atoms with van der Waals surface area (Å²) in [7, 11) is 0. The quantitative estimate of drug-likeness (QED) is 0.299. The summed E-state index contributed by atoms with van der Waals surface area (Å²) in [6, 6.07) is 0.806. The van der Waals surface area contributed by atoms with Gasteiger partial charge in [-0.25, -0.2) is 9.18 Å². The number of rotatable bonds is 3. The lowest BCUT2D eigenvalue weighted by Crippen LogP contribution is -2.44. The number of anilines is 1. The molecule has 1 aliphatic heterocycles. The molecule has 1 aliphatic rings. The molecule has 11 nitrogen and oxygen atoms in total. The van der Waals surface area contributed by atoms with Gasteiger partial charge in [0.1, 0.15) is 0 Å². The van der Waals surface area contributed by atoms with Gasteiger partial charge >= 0.3 is 11.8 Å². The van der Waals surface area contributed by atoms with E-state index < -0.39 is 39.1 Å². The topological polar surface area (TPSA) is 153 Å². The number of nitrogens with one attached hydrogen (secondary N) is 1. The van der Waals surface area contributed by atoms with Gasteiger partial charge in [-0.15, -0.1) is 0 Å². The van der Waals surface area contributed by atoms with Crippen LogP contribution in [0.1, 0.15) is 0 Å². The number of pyridine rings is 1. The minimum absolute atomic E-state index is 0.269. The van der Waals surface area contributed by atoms with Gasteiger partial charge in [0.2, 0.25) is 11.2 Å². The van der Waals surface area contributed by atoms with E-state index in [1.165, 1.54) is 4.90 Å². The number of fused-ring (bicyclic) bond motifs is 1. The molecule has 0 amide bonds. The van der Waals surface area contributed by atoms with Crippen molar-refractivity contribution in [3.63, 3.8) is 0 Å². The first kappa shape index (κ1) is 17.4. The summed E-state index contributed by atoms with van der Waals surface area (Å²) in [5, 5.41) is 22.9. The molecule has 4 N–H and O–H groups in total. The maximum atomic E-state index is 14.7. The Morgan fingerprint density at radius 2 is 2.08 bits per heavy atom. The minimum Gasteiger partial charge on any atom is -0.449 e. The molecule has 0 saturated carbocycles. The Hall–Kier alpha value is -3.41. The molecule has 12 heteroatoms. The zero-order valence-corrected chi connectivity index (χ0v) is 13.3. The van der Waals surface area contributed by atoms with Crippen LogP contribution in [0.2, 0.25) is 0 Å². The number of nitro benzene ring substituents is 1. The summed E-state index contributed by atoms with van der Waals surface area (Å²) in [4.78, 5) is 35.4. The van der Waals surface area contributed by atoms with Crippen LogP contribution in [0.15, 0.2) is 17.1 Å². The molecule has 0 spiro atoms. The third kappa shape index (κ3) is 2.86. The summed E-state index contributed by atoms with van der Waals surface area (Å²) in [6.07, 6.45) is -0.959. The number of benzene rings is 1. The molecule has 138 valence electrons. The molecular formula is C14H14FN5O6. The van der Waals surface area contributed by atoms with Gasteiger partial charge in [0, 0.05) is 26.2 Å². The first-order valence-corrected chi connectivity index (χ1v) is 7.49. The number of nitrogens with zero attached hydrogens (tertiary/aromatic N) is 3. The second kappa shape index (κ2) is 6.48. The van der Waals surface area contributed by atoms with E-state index in [1.54, 1.807) is 0 Å². The number of nitrogens with two attached hydrogens (primary N) is 1. The number of nitrogen functional groups attached to an aromatic ring is 1. The van der Waals surface area contributed by atoms with Gasteiger partial charge in [0.25, 0.3) is 0 Å². The van der Waals surface area contributed by atoms with E-state index in [4.69, 9.17) is 10.9 Å². The van der Waals surface area contributed by atoms with Gasteiger partial charge in [0.15, 0.2) is 17.0 Å². The molecule has 2 heterocycles. The Morgan fingerprint density at radius 1 is 1.42 bits per heavy atom. The Balaban J connectivity index is 2.35. The fraction of sp³-hybridized carbons (Fsp3) is 0.286. The van der Waals surface area contributed by atoms with Crippen molar-refractivity contribution in [3.05, 3.63) is 38.4 Å². The summed E-state index contributed by atoms with van der Waals surface area (Å²) >= 11 is 0. The highest BCUT2D eigenvalue weighted by Crippen LogP contribution is 2.37. The average molecular weight is 367 g/mol. The zero-order valence-electron chi connectivity index (χ0n) is 13.3. The van der Waals surface area contributed by atoms with Crippen molar-refractivity contribution in [1.82, 2.24) is 9.99 Å². The van der Waals surface area contributed by atoms with E-state index in [0.717, 1.165) is 12.3 Å². The molecule has 1 fully saturated rings. The summed E-state index contributed by atoms with van der Waals surface area (Å²) in [5.74, 6) is 4.08. The molecule has 0 bridgehead atoms. The van der Waals surface area contributed by atoms with Crippen LogP contribution in [0.5, 0.6) is 5.75 Å². The Labute approximate surface area is 144 Å². The number of hydrogen-bond acceptors (Lipinski definition) is 8. The van der Waals surface area contributed by atoms with Gasteiger partial charge in [-0.1, -0.05) is 0 Å². The summed E-state index contributed by atoms with van der Waals surface area (Å²) < 4.78 is 19.7. The van der Waals surface area contributed by atoms with Crippen molar-refractivity contribution in [2.75, 3.05) is 36.9 Å². The number of carbonyl (C=O) groups is 1. The number of carboxylic acid groups (broad SMARTS) is 1. The zero-order chi connectivity index (χ0) is 19.0. The summed E-state index contributed by atoms with van der Waals surface area (Å²) in [5.41, 5.74) is -2.27. The lowest BCUT2D eigenvalue weighted by molar-refractivity contribution is -0.382. The standard InChI is InChI=1S/C14H14FN5O6/c15-8-5-7-10(19(16)6-9(13(7)21)26-14(22)23)12(20(24)25)11(8)18-3-1-17-2-4-18/h5-6,17H,1-4,16H2,(H,22,23). The Bertz CT molecular complexity index is 969. The van der Waals surface area contributed by atoms with Crippen LogP contribution < -0.4 is 26.2 Å². The molecule has 1 aromatic heterocycles. The maximum Gasteiger partial charge on any atom is 0.511 e. The second-order valence-electron chi connectivity index (χ2n) is 5.54. The second-order valence-corrected chi connectivity index (χ2v) is 5.54. The summed E-state index contributed by atoms with van der Waals surface area (Å²) in [6.45, 7) is 1.68. The highest BCUT2D eigenvalue weighted by molar-refractivity contribution is 5.95. The third-order valence-corrected chi connectivity index (χ3v) is 4.00. The molecule has 1 saturated heterocycles. The molecule has 2 aromatic rings. The predicted octanol–water partition coefficient (Wildman–Crippen LogP) is 0.229. The number of halogens is 1. The molecule has 0 radical (unpaired) electrons. The van der Waals surface area contributed by atoms with Crippen molar-refractivity contribution in [2.45, 2.75) is 0 Å². The smallest absolute Gasteiger partial charge is 0.449 e. The van der Waals surface area contributed by atoms with E-state index in [0.29, 0.717) is 30.9 Å². The van der Waals surface area contributed by atoms with Crippen LogP contribution in [0.25, 0.3) is 10.9 Å². The van der Waals surface area contributed by atoms with Crippen molar-refractivity contribution >= 4 is 28.4 Å². The van der Waals surface area contributed by atoms with Crippen LogP contribution in [0.4, 0.5) is 20.6 Å². The number of aromatic nitrogens is 1. The molecular weight excluding hydrogens is 353 g/mol. The number of hydrogen-bond donors (Lipinski definition) is 3. The van der Waals surface area contributed by atoms with Crippen LogP contribution in [0, 0.1) is 15.9 Å². The fourth-order valence-electron chi connectivity index (χ4n) is 2.96. The highest BCUT2D eigenvalue weighted by atomic mass is 19.1. The molecule has 26 heavy (non-hydrogen) atoms. The fourth-order valence-corrected chi connectivity index (χ4v) is 2.96. The molecule has 0 atom stereocenters. The average Bonchev–Trinajstić information content (AvgIpc) is 2.58. The third-order valence-electron chi connectivity index (χ3n) is 4.00. The van der Waals surface area contributed by atoms with Gasteiger partial charge in [-0.2, -0.15) is 0 Å². The highest BCUT2D eigenvalue weighted by Gasteiger charge is 2.31. The van der Waals surface area contributed by atoms with Crippen LogP contribution >= 0.6 is 0 Å². The minimum atomic E-state index is -1.77. The SMILES string of the molecule is Nn1cc(OC(=O)O)c(=O)c2cc(F)c(N3CCNCC3)c([N+](=O)[O-])c21. The predicted molar refractivity (Wildman–Crippen MR) is 88.7 cm³/mol. The van der Waals surface area contributed by atoms with E-state index in [-0.39, 0.29) is 11.2 Å². The normalized spacial score (nSPS) is 14.4. The number of nitro groups is 1. The van der Waals surface area contributed by atoms with Gasteiger partial charge in [-0.05, 0) is 6.07 Å². The van der Waals surface area contributed by atoms with Crippen LogP contribution in [-0.2, 0) is 0 Å². The first-order valence-electron chi connectivity index (χ1n) is 7.49. The van der Waals surface area contributed by atoms with E-state index >= 15 is 0 Å². The molecule has 0 aliphatic carbocycles. The van der Waals surface area contributed by atoms with Crippen molar-refractivity contribution in [1.29, 1.82) is 0 Å². The van der Waals surface area contributed by atoms with Crippen molar-refractivity contribution in [2.24, 2.45) is 0 Å². The van der Waals surface area contributed by atoms with Crippen molar-refractivity contribution in [3.8, 4) is 5.75 Å². The van der Waals surface area contributed by atoms with Crippen LogP contribution in [0.3, 0.4) is 0 Å². The maximum absolute atomic E-state index is 14.7. The van der Waals surface area contributed by atoms with Crippen molar-refractivity contribution < 1.29 is 24.0 Å². The van der Waals surface area contributed by atoms with Gasteiger partial charge in [0.05, 0.1) is 16.5 Å². The molecule has 3 rings (SSSR count). The van der Waals surface area contributed by atoms with E-state index in [2.05, 4.69) is 10.1 Å². The monoisotopic (exact) mass is 367 g/mol. The largest absolute Gasteiger partial charge is 0.511 e. The Kier molecular flexibility index (Phi) is 4.34. The van der Waals surface area contributed by atoms with E-state index in [9.17, 15) is 24.1 Å². The molecule has 0 unspecified atom stereocenters. The lowest BCUT2D eigenvalue weighted by Gasteiger charge is -2.29. The lowest BCUT2D eigenvalue weighted by atomic mass is 10.1. The molecule has 1 aromatic carbocycles. The van der Waals surface area contributed by atoms with Gasteiger partial charge in [-0.3, -0.25) is 19.6 Å². The Morgan fingerprint density at radius 3 is 2.65 bits per heavy atom. The first-order chi connectivity index (χ1) is 12.3. The number of piperazine rings is 1. The van der Waals surface area contributed by atoms with Crippen LogP contribution in [-0.4, -0.2) is 47.0 Å². The number of ether oxygens (including phenoxy) is 1.